The number of hydrogen-bond acceptors (Lipinski definition) is 1. The first-order valence-electron chi connectivity index (χ1n) is 20.8. The molecule has 10 aromatic carbocycles. The van der Waals surface area contributed by atoms with E-state index in [4.69, 9.17) is 7.16 Å². The fourth-order valence-corrected chi connectivity index (χ4v) is 8.23. The van der Waals surface area contributed by atoms with Crippen molar-refractivity contribution in [3.63, 3.8) is 0 Å². The van der Waals surface area contributed by atoms with Crippen LogP contribution in [0.4, 0.5) is 0 Å². The first-order valence-corrected chi connectivity index (χ1v) is 17.8. The van der Waals surface area contributed by atoms with E-state index in [1.165, 1.54) is 0 Å². The predicted molar refractivity (Wildman–Crippen MR) is 225 cm³/mol. The van der Waals surface area contributed by atoms with Gasteiger partial charge in [0.15, 0.2) is 0 Å². The summed E-state index contributed by atoms with van der Waals surface area (Å²) in [5.41, 5.74) is 7.17. The Morgan fingerprint density at radius 1 is 0.340 bits per heavy atom. The van der Waals surface area contributed by atoms with Crippen molar-refractivity contribution in [3.8, 4) is 44.5 Å². The first-order chi connectivity index (χ1) is 28.8. The Morgan fingerprint density at radius 2 is 0.943 bits per heavy atom. The van der Waals surface area contributed by atoms with Gasteiger partial charge in [0.05, 0.1) is 8.22 Å². The second-order valence-electron chi connectivity index (χ2n) is 13.5. The molecule has 0 aliphatic rings. The minimum Gasteiger partial charge on any atom is -0.456 e. The van der Waals surface area contributed by atoms with Crippen molar-refractivity contribution in [1.82, 2.24) is 0 Å². The van der Waals surface area contributed by atoms with Gasteiger partial charge < -0.3 is 4.42 Å². The normalized spacial score (nSPS) is 13.4. The van der Waals surface area contributed by atoms with Crippen LogP contribution in [0, 0.1) is 0 Å². The van der Waals surface area contributed by atoms with Gasteiger partial charge >= 0.3 is 0 Å². The van der Waals surface area contributed by atoms with Gasteiger partial charge in [-0.15, -0.1) is 0 Å². The lowest BCUT2D eigenvalue weighted by Crippen LogP contribution is -1.92. The Bertz CT molecular complexity index is 3510. The number of fused-ring (bicyclic) bond motifs is 7. The lowest BCUT2D eigenvalue weighted by atomic mass is 9.84. The zero-order valence-electron chi connectivity index (χ0n) is 34.4. The van der Waals surface area contributed by atoms with E-state index < -0.39 is 12.1 Å². The minimum absolute atomic E-state index is 0.122. The van der Waals surface area contributed by atoms with Crippen LogP contribution in [-0.4, -0.2) is 0 Å². The monoisotopic (exact) mass is 678 g/mol. The summed E-state index contributed by atoms with van der Waals surface area (Å²) in [4.78, 5) is 0. The molecule has 1 aromatic heterocycles. The summed E-state index contributed by atoms with van der Waals surface area (Å²) in [6.07, 6.45) is 0. The van der Waals surface area contributed by atoms with Crippen molar-refractivity contribution in [2.75, 3.05) is 0 Å². The quantitative estimate of drug-likeness (QED) is 0.169. The Kier molecular flexibility index (Phi) is 5.40. The highest BCUT2D eigenvalue weighted by atomic mass is 16.3. The highest BCUT2D eigenvalue weighted by Crippen LogP contribution is 2.47. The molecule has 0 atom stereocenters. The molecular weight excluding hydrogens is 641 g/mol. The van der Waals surface area contributed by atoms with Crippen molar-refractivity contribution >= 4 is 65.0 Å². The molecule has 0 aliphatic carbocycles. The van der Waals surface area contributed by atoms with Crippen LogP contribution in [0.2, 0.25) is 0 Å². The Balaban J connectivity index is 1.21. The third-order valence-corrected chi connectivity index (χ3v) is 10.6. The molecule has 1 heterocycles. The largest absolute Gasteiger partial charge is 0.456 e. The molecule has 0 unspecified atom stereocenters. The van der Waals surface area contributed by atoms with Crippen LogP contribution in [0.5, 0.6) is 0 Å². The maximum Gasteiger partial charge on any atom is 0.136 e. The zero-order chi connectivity index (χ0) is 40.1. The molecule has 53 heavy (non-hydrogen) atoms. The number of rotatable bonds is 4. The van der Waals surface area contributed by atoms with Gasteiger partial charge in [-0.25, -0.2) is 0 Å². The second kappa shape index (κ2) is 11.8. The molecule has 0 radical (unpaired) electrons. The van der Waals surface area contributed by atoms with E-state index in [0.717, 1.165) is 65.3 Å². The van der Waals surface area contributed by atoms with E-state index >= 15 is 0 Å². The molecule has 0 fully saturated rings. The van der Waals surface area contributed by atoms with E-state index in [1.807, 2.05) is 97.1 Å². The third kappa shape index (κ3) is 4.64. The van der Waals surface area contributed by atoms with Crippen LogP contribution < -0.4 is 0 Å². The highest BCUT2D eigenvalue weighted by Gasteiger charge is 2.20. The van der Waals surface area contributed by atoms with Crippen LogP contribution in [0.3, 0.4) is 0 Å². The molecule has 0 saturated heterocycles. The first kappa shape index (κ1) is 24.3. The molecule has 246 valence electrons. The van der Waals surface area contributed by atoms with Crippen molar-refractivity contribution in [2.24, 2.45) is 0 Å². The molecule has 11 rings (SSSR count). The van der Waals surface area contributed by atoms with Gasteiger partial charge in [-0.2, -0.15) is 0 Å². The van der Waals surface area contributed by atoms with Gasteiger partial charge in [-0.05, 0) is 112 Å². The Morgan fingerprint density at radius 3 is 1.70 bits per heavy atom. The summed E-state index contributed by atoms with van der Waals surface area (Å²) in [7, 11) is 0. The maximum absolute atomic E-state index is 9.83. The number of furan rings is 1. The van der Waals surface area contributed by atoms with Crippen LogP contribution in [0.1, 0.15) is 8.22 Å². The summed E-state index contributed by atoms with van der Waals surface area (Å²) >= 11 is 0. The van der Waals surface area contributed by atoms with Gasteiger partial charge in [0.1, 0.15) is 11.2 Å². The molecule has 1 nitrogen and oxygen atoms in total. The third-order valence-electron chi connectivity index (χ3n) is 10.6. The summed E-state index contributed by atoms with van der Waals surface area (Å²) in [5, 5.41) is 8.06. The lowest BCUT2D eigenvalue weighted by molar-refractivity contribution is 0.669. The standard InChI is InChI=1S/C52H32O/c1-2-14-34(15-3-1)50-42-19-8-10-21-44(42)51(45-22-11-9-20-43(45)50)46-30-29-38(40-17-6-7-18-41(40)46)37-27-28-47-49(32-37)53-48-24-12-23-39(52(47)48)36-26-25-33-13-4-5-16-35(33)31-36/h1-32H/i6D,7D,17D,18D,29D,30D. The van der Waals surface area contributed by atoms with Gasteiger partial charge in [-0.1, -0.05) is 170 Å². The van der Waals surface area contributed by atoms with E-state index in [9.17, 15) is 5.48 Å². The molecule has 1 heteroatoms. The smallest absolute Gasteiger partial charge is 0.136 e. The van der Waals surface area contributed by atoms with Crippen molar-refractivity contribution in [2.45, 2.75) is 0 Å². The predicted octanol–water partition coefficient (Wildman–Crippen LogP) is 14.9. The molecule has 0 saturated carbocycles. The molecule has 0 bridgehead atoms. The second-order valence-corrected chi connectivity index (χ2v) is 13.5. The molecule has 0 spiro atoms. The van der Waals surface area contributed by atoms with Crippen molar-refractivity contribution < 1.29 is 12.6 Å². The molecule has 11 aromatic rings. The van der Waals surface area contributed by atoms with Crippen LogP contribution in [0.25, 0.3) is 110 Å². The van der Waals surface area contributed by atoms with E-state index in [-0.39, 0.29) is 40.5 Å². The molecular formula is C52H32O. The van der Waals surface area contributed by atoms with Crippen molar-refractivity contribution in [3.05, 3.63) is 194 Å². The maximum atomic E-state index is 9.83. The van der Waals surface area contributed by atoms with Crippen molar-refractivity contribution in [1.29, 1.82) is 0 Å². The SMILES string of the molecule is [2H]c1c([2H])c([2H])c2c(-c3c4ccccc4c(-c4ccccc4)c4ccccc34)c([2H])c([2H])c(-c3ccc4c(c3)oc3cccc(-c5ccc6ccccc6c5)c34)c2c1[2H]. The van der Waals surface area contributed by atoms with Crippen LogP contribution >= 0.6 is 0 Å². The van der Waals surface area contributed by atoms with E-state index in [1.54, 1.807) is 0 Å². The Labute approximate surface area is 315 Å². The van der Waals surface area contributed by atoms with E-state index in [2.05, 4.69) is 60.7 Å². The molecule has 0 N–H and O–H groups in total. The van der Waals surface area contributed by atoms with Gasteiger partial charge in [0.2, 0.25) is 0 Å². The highest BCUT2D eigenvalue weighted by molar-refractivity contribution is 6.24. The van der Waals surface area contributed by atoms with Gasteiger partial charge in [-0.3, -0.25) is 0 Å². The summed E-state index contributed by atoms with van der Waals surface area (Å²) in [5.74, 6) is 0. The zero-order valence-corrected chi connectivity index (χ0v) is 28.4. The number of hydrogen-bond donors (Lipinski definition) is 0. The average molecular weight is 679 g/mol. The number of benzene rings is 10. The van der Waals surface area contributed by atoms with Crippen LogP contribution in [-0.2, 0) is 0 Å². The minimum atomic E-state index is -0.397. The topological polar surface area (TPSA) is 13.1 Å². The van der Waals surface area contributed by atoms with Gasteiger partial charge in [0, 0.05) is 10.8 Å². The molecule has 0 aliphatic heterocycles. The lowest BCUT2D eigenvalue weighted by Gasteiger charge is -2.19. The summed E-state index contributed by atoms with van der Waals surface area (Å²) < 4.78 is 62.7. The van der Waals surface area contributed by atoms with E-state index in [0.29, 0.717) is 27.9 Å². The van der Waals surface area contributed by atoms with Crippen LogP contribution in [0.15, 0.2) is 198 Å². The van der Waals surface area contributed by atoms with Gasteiger partial charge in [0.25, 0.3) is 0 Å². The fraction of sp³-hybridized carbons (Fsp3) is 0. The molecule has 0 amide bonds. The average Bonchev–Trinajstić information content (AvgIpc) is 3.66. The summed E-state index contributed by atoms with van der Waals surface area (Å²) in [6.45, 7) is 0. The Hall–Kier alpha value is -6.96. The summed E-state index contributed by atoms with van der Waals surface area (Å²) in [6, 6.07) is 50.9. The fourth-order valence-electron chi connectivity index (χ4n) is 8.23.